The molecule has 3 nitrogen and oxygen atoms in total. The maximum Gasteiger partial charge on any atom is 0.291 e. The van der Waals surface area contributed by atoms with Crippen LogP contribution < -0.4 is 5.56 Å². The van der Waals surface area contributed by atoms with E-state index in [1.54, 1.807) is 6.20 Å². The number of hydrogen-bond acceptors (Lipinski definition) is 3. The Balaban J connectivity index is 2.01. The van der Waals surface area contributed by atoms with Crippen LogP contribution in [-0.2, 0) is 0 Å². The van der Waals surface area contributed by atoms with Crippen molar-refractivity contribution in [2.75, 3.05) is 0 Å². The van der Waals surface area contributed by atoms with Crippen LogP contribution in [-0.4, -0.2) is 9.78 Å². The first-order valence-corrected chi connectivity index (χ1v) is 8.34. The largest absolute Gasteiger partial charge is 0.291 e. The summed E-state index contributed by atoms with van der Waals surface area (Å²) in [5.74, 6) is 0. The van der Waals surface area contributed by atoms with Gasteiger partial charge in [0.15, 0.2) is 0 Å². The van der Waals surface area contributed by atoms with Crippen LogP contribution in [0.1, 0.15) is 11.1 Å². The van der Waals surface area contributed by atoms with Crippen LogP contribution in [0.5, 0.6) is 0 Å². The Bertz CT molecular complexity index is 907. The zero-order valence-electron chi connectivity index (χ0n) is 12.8. The van der Waals surface area contributed by atoms with E-state index in [0.29, 0.717) is 10.6 Å². The van der Waals surface area contributed by atoms with Crippen LogP contribution in [0.3, 0.4) is 0 Å². The molecule has 0 saturated heterocycles. The second-order valence-corrected chi connectivity index (χ2v) is 6.71. The molecule has 0 saturated carbocycles. The summed E-state index contributed by atoms with van der Waals surface area (Å²) >= 11 is 7.76. The first-order chi connectivity index (χ1) is 11.1. The summed E-state index contributed by atoms with van der Waals surface area (Å²) < 4.78 is 1.31. The van der Waals surface area contributed by atoms with E-state index in [0.717, 1.165) is 10.5 Å². The molecule has 0 amide bonds. The molecule has 1 heterocycles. The summed E-state index contributed by atoms with van der Waals surface area (Å²) in [5, 5.41) is 4.45. The summed E-state index contributed by atoms with van der Waals surface area (Å²) in [6.07, 6.45) is 1.64. The Morgan fingerprint density at radius 2 is 1.78 bits per heavy atom. The third kappa shape index (κ3) is 3.33. The van der Waals surface area contributed by atoms with E-state index in [4.69, 9.17) is 11.6 Å². The number of aromatic nitrogens is 2. The molecular formula is C18H15ClN2OS. The second kappa shape index (κ2) is 6.60. The molecular weight excluding hydrogens is 328 g/mol. The Morgan fingerprint density at radius 1 is 1.04 bits per heavy atom. The minimum absolute atomic E-state index is 0.190. The molecule has 1 aromatic heterocycles. The van der Waals surface area contributed by atoms with Crippen molar-refractivity contribution in [2.24, 2.45) is 0 Å². The van der Waals surface area contributed by atoms with Crippen LogP contribution >= 0.6 is 23.4 Å². The Kier molecular flexibility index (Phi) is 4.55. The topological polar surface area (TPSA) is 34.9 Å². The van der Waals surface area contributed by atoms with Crippen molar-refractivity contribution >= 4 is 23.4 Å². The van der Waals surface area contributed by atoms with Crippen LogP contribution in [0.4, 0.5) is 0 Å². The Hall–Kier alpha value is -2.04. The molecule has 23 heavy (non-hydrogen) atoms. The number of halogens is 1. The van der Waals surface area contributed by atoms with Gasteiger partial charge in [-0.05, 0) is 43.2 Å². The van der Waals surface area contributed by atoms with Gasteiger partial charge in [0.05, 0.1) is 16.8 Å². The molecule has 0 bridgehead atoms. The average Bonchev–Trinajstić information content (AvgIpc) is 2.56. The van der Waals surface area contributed by atoms with E-state index in [1.807, 2.05) is 44.2 Å². The van der Waals surface area contributed by atoms with Crippen LogP contribution in [0.2, 0.25) is 5.02 Å². The molecule has 3 rings (SSSR count). The standard InChI is InChI=1S/C18H15ClN2OS/c1-12-8-9-13(2)15(10-12)23-16-11-20-21(18(22)17(16)19)14-6-4-3-5-7-14/h3-11H,1-2H3. The lowest BCUT2D eigenvalue weighted by atomic mass is 10.2. The number of aryl methyl sites for hydroxylation is 2. The van der Waals surface area contributed by atoms with Gasteiger partial charge in [-0.25, -0.2) is 0 Å². The molecule has 0 radical (unpaired) electrons. The summed E-state index contributed by atoms with van der Waals surface area (Å²) in [6.45, 7) is 4.07. The number of rotatable bonds is 3. The summed E-state index contributed by atoms with van der Waals surface area (Å²) in [4.78, 5) is 14.2. The maximum absolute atomic E-state index is 12.5. The van der Waals surface area contributed by atoms with E-state index in [9.17, 15) is 4.79 Å². The molecule has 0 unspecified atom stereocenters. The smallest absolute Gasteiger partial charge is 0.266 e. The highest BCUT2D eigenvalue weighted by Gasteiger charge is 2.12. The van der Waals surface area contributed by atoms with E-state index < -0.39 is 0 Å². The van der Waals surface area contributed by atoms with Crippen LogP contribution in [0, 0.1) is 13.8 Å². The molecule has 0 fully saturated rings. The van der Waals surface area contributed by atoms with Gasteiger partial charge in [-0.2, -0.15) is 9.78 Å². The average molecular weight is 343 g/mol. The van der Waals surface area contributed by atoms with Gasteiger partial charge in [-0.15, -0.1) is 0 Å². The third-order valence-corrected chi connectivity index (χ3v) is 5.12. The number of para-hydroxylation sites is 1. The predicted molar refractivity (Wildman–Crippen MR) is 94.9 cm³/mol. The first kappa shape index (κ1) is 15.8. The highest BCUT2D eigenvalue weighted by Crippen LogP contribution is 2.33. The normalized spacial score (nSPS) is 10.7. The molecule has 0 N–H and O–H groups in total. The van der Waals surface area contributed by atoms with Gasteiger partial charge in [-0.3, -0.25) is 4.79 Å². The number of hydrogen-bond donors (Lipinski definition) is 0. The summed E-state index contributed by atoms with van der Waals surface area (Å²) in [5.41, 5.74) is 2.69. The van der Waals surface area contributed by atoms with Crippen molar-refractivity contribution in [3.63, 3.8) is 0 Å². The molecule has 0 aliphatic rings. The second-order valence-electron chi connectivity index (χ2n) is 5.25. The monoisotopic (exact) mass is 342 g/mol. The zero-order chi connectivity index (χ0) is 16.4. The fourth-order valence-corrected chi connectivity index (χ4v) is 3.41. The lowest BCUT2D eigenvalue weighted by Gasteiger charge is -2.10. The van der Waals surface area contributed by atoms with E-state index in [2.05, 4.69) is 23.3 Å². The van der Waals surface area contributed by atoms with Gasteiger partial charge in [0.1, 0.15) is 5.02 Å². The van der Waals surface area contributed by atoms with Gasteiger partial charge in [-0.1, -0.05) is 53.7 Å². The molecule has 2 aromatic carbocycles. The quantitative estimate of drug-likeness (QED) is 0.694. The molecule has 0 aliphatic carbocycles. The van der Waals surface area contributed by atoms with E-state index in [1.165, 1.54) is 22.0 Å². The fourth-order valence-electron chi connectivity index (χ4n) is 2.18. The molecule has 0 atom stereocenters. The van der Waals surface area contributed by atoms with Gasteiger partial charge in [0.25, 0.3) is 5.56 Å². The maximum atomic E-state index is 12.5. The minimum atomic E-state index is -0.312. The number of benzene rings is 2. The predicted octanol–water partition coefficient (Wildman–Crippen LogP) is 4.65. The summed E-state index contributed by atoms with van der Waals surface area (Å²) in [6, 6.07) is 15.5. The SMILES string of the molecule is Cc1ccc(C)c(Sc2cnn(-c3ccccc3)c(=O)c2Cl)c1. The Morgan fingerprint density at radius 3 is 2.52 bits per heavy atom. The molecule has 3 aromatic rings. The van der Waals surface area contributed by atoms with Crippen LogP contribution in [0.15, 0.2) is 69.3 Å². The van der Waals surface area contributed by atoms with Gasteiger partial charge in [0.2, 0.25) is 0 Å². The molecule has 0 spiro atoms. The van der Waals surface area contributed by atoms with Crippen molar-refractivity contribution in [3.8, 4) is 5.69 Å². The van der Waals surface area contributed by atoms with Crippen molar-refractivity contribution in [1.82, 2.24) is 9.78 Å². The van der Waals surface area contributed by atoms with Gasteiger partial charge >= 0.3 is 0 Å². The highest BCUT2D eigenvalue weighted by molar-refractivity contribution is 7.99. The lowest BCUT2D eigenvalue weighted by molar-refractivity contribution is 0.791. The van der Waals surface area contributed by atoms with Crippen molar-refractivity contribution in [2.45, 2.75) is 23.6 Å². The molecule has 0 aliphatic heterocycles. The highest BCUT2D eigenvalue weighted by atomic mass is 35.5. The first-order valence-electron chi connectivity index (χ1n) is 7.14. The van der Waals surface area contributed by atoms with E-state index >= 15 is 0 Å². The van der Waals surface area contributed by atoms with Crippen LogP contribution in [0.25, 0.3) is 5.69 Å². The van der Waals surface area contributed by atoms with Gasteiger partial charge in [0, 0.05) is 4.90 Å². The molecule has 5 heteroatoms. The number of nitrogens with zero attached hydrogens (tertiary/aromatic N) is 2. The fraction of sp³-hybridized carbons (Fsp3) is 0.111. The third-order valence-electron chi connectivity index (χ3n) is 3.45. The Labute approximate surface area is 143 Å². The lowest BCUT2D eigenvalue weighted by Crippen LogP contribution is -2.21. The van der Waals surface area contributed by atoms with Crippen molar-refractivity contribution in [1.29, 1.82) is 0 Å². The molecule has 116 valence electrons. The summed E-state index contributed by atoms with van der Waals surface area (Å²) in [7, 11) is 0. The van der Waals surface area contributed by atoms with E-state index in [-0.39, 0.29) is 10.6 Å². The minimum Gasteiger partial charge on any atom is -0.266 e. The van der Waals surface area contributed by atoms with Gasteiger partial charge < -0.3 is 0 Å². The zero-order valence-corrected chi connectivity index (χ0v) is 14.4. The van der Waals surface area contributed by atoms with Crippen molar-refractivity contribution in [3.05, 3.63) is 81.2 Å². The van der Waals surface area contributed by atoms with Crippen molar-refractivity contribution < 1.29 is 0 Å².